The molecular formula is C48H28S2. The third-order valence-corrected chi connectivity index (χ3v) is 12.7. The first-order valence-electron chi connectivity index (χ1n) is 17.1. The summed E-state index contributed by atoms with van der Waals surface area (Å²) in [5, 5.41) is 13.1. The maximum atomic E-state index is 2.42. The quantitative estimate of drug-likeness (QED) is 0.164. The van der Waals surface area contributed by atoms with Crippen molar-refractivity contribution >= 4 is 95.3 Å². The normalized spacial score (nSPS) is 12.0. The minimum Gasteiger partial charge on any atom is -0.135 e. The van der Waals surface area contributed by atoms with E-state index in [-0.39, 0.29) is 0 Å². The summed E-state index contributed by atoms with van der Waals surface area (Å²) in [7, 11) is 0. The van der Waals surface area contributed by atoms with Gasteiger partial charge in [0.05, 0.1) is 0 Å². The lowest BCUT2D eigenvalue weighted by Crippen LogP contribution is -1.90. The average molecular weight is 669 g/mol. The molecule has 0 bridgehead atoms. The Bertz CT molecular complexity index is 3080. The number of fused-ring (bicyclic) bond motifs is 10. The van der Waals surface area contributed by atoms with Crippen LogP contribution in [-0.2, 0) is 0 Å². The predicted octanol–water partition coefficient (Wildman–Crippen LogP) is 14.9. The summed E-state index contributed by atoms with van der Waals surface area (Å²) < 4.78 is 5.33. The van der Waals surface area contributed by atoms with Crippen LogP contribution < -0.4 is 0 Å². The summed E-state index contributed by atoms with van der Waals surface area (Å²) in [6.45, 7) is 0. The first-order valence-corrected chi connectivity index (χ1v) is 18.7. The molecular weight excluding hydrogens is 641 g/mol. The monoisotopic (exact) mass is 668 g/mol. The zero-order chi connectivity index (χ0) is 32.8. The Hall–Kier alpha value is -5.80. The van der Waals surface area contributed by atoms with Crippen LogP contribution in [0.5, 0.6) is 0 Å². The molecule has 0 amide bonds. The first kappa shape index (κ1) is 28.1. The highest BCUT2D eigenvalue weighted by Crippen LogP contribution is 2.46. The number of thiophene rings is 2. The summed E-state index contributed by atoms with van der Waals surface area (Å²) in [6.07, 6.45) is 0. The Morgan fingerprint density at radius 3 is 1.46 bits per heavy atom. The Kier molecular flexibility index (Phi) is 6.09. The predicted molar refractivity (Wildman–Crippen MR) is 221 cm³/mol. The molecule has 0 N–H and O–H groups in total. The van der Waals surface area contributed by atoms with Gasteiger partial charge in [0, 0.05) is 40.3 Å². The number of hydrogen-bond donors (Lipinski definition) is 0. The number of hydrogen-bond acceptors (Lipinski definition) is 2. The summed E-state index contributed by atoms with van der Waals surface area (Å²) in [4.78, 5) is 0. The lowest BCUT2D eigenvalue weighted by Gasteiger charge is -2.17. The van der Waals surface area contributed by atoms with Crippen LogP contribution in [0.3, 0.4) is 0 Å². The van der Waals surface area contributed by atoms with Gasteiger partial charge in [0.2, 0.25) is 0 Å². The van der Waals surface area contributed by atoms with E-state index < -0.39 is 0 Å². The highest BCUT2D eigenvalue weighted by molar-refractivity contribution is 7.26. The van der Waals surface area contributed by atoms with Gasteiger partial charge in [-0.1, -0.05) is 140 Å². The van der Waals surface area contributed by atoms with Crippen molar-refractivity contribution < 1.29 is 0 Å². The Morgan fingerprint density at radius 2 is 0.760 bits per heavy atom. The topological polar surface area (TPSA) is 0 Å². The summed E-state index contributed by atoms with van der Waals surface area (Å²) in [6, 6.07) is 63.1. The van der Waals surface area contributed by atoms with Crippen LogP contribution in [0.2, 0.25) is 0 Å². The van der Waals surface area contributed by atoms with Gasteiger partial charge in [-0.05, 0) is 96.0 Å². The third kappa shape index (κ3) is 4.16. The fourth-order valence-electron chi connectivity index (χ4n) is 8.19. The van der Waals surface area contributed by atoms with Crippen LogP contribution >= 0.6 is 22.7 Å². The molecule has 0 aliphatic rings. The van der Waals surface area contributed by atoms with Crippen LogP contribution in [0.25, 0.3) is 106 Å². The Balaban J connectivity index is 1.08. The molecule has 0 unspecified atom stereocenters. The Labute approximate surface area is 297 Å². The molecule has 50 heavy (non-hydrogen) atoms. The van der Waals surface area contributed by atoms with Crippen molar-refractivity contribution in [1.29, 1.82) is 0 Å². The second kappa shape index (κ2) is 10.9. The zero-order valence-corrected chi connectivity index (χ0v) is 28.6. The molecule has 11 aromatic rings. The molecule has 2 heteroatoms. The van der Waals surface area contributed by atoms with Crippen LogP contribution in [-0.4, -0.2) is 0 Å². The summed E-state index contributed by atoms with van der Waals surface area (Å²) in [5.74, 6) is 0. The van der Waals surface area contributed by atoms with Crippen molar-refractivity contribution in [3.05, 3.63) is 170 Å². The fraction of sp³-hybridized carbons (Fsp3) is 0. The molecule has 2 heterocycles. The van der Waals surface area contributed by atoms with E-state index in [1.165, 1.54) is 106 Å². The van der Waals surface area contributed by atoms with Crippen LogP contribution in [0, 0.1) is 0 Å². The molecule has 0 radical (unpaired) electrons. The van der Waals surface area contributed by atoms with Crippen molar-refractivity contribution in [3.8, 4) is 33.4 Å². The van der Waals surface area contributed by atoms with Crippen LogP contribution in [0.1, 0.15) is 0 Å². The number of benzene rings is 9. The van der Waals surface area contributed by atoms with Gasteiger partial charge >= 0.3 is 0 Å². The van der Waals surface area contributed by atoms with Crippen molar-refractivity contribution in [3.63, 3.8) is 0 Å². The second-order valence-corrected chi connectivity index (χ2v) is 15.4. The van der Waals surface area contributed by atoms with Crippen molar-refractivity contribution in [2.24, 2.45) is 0 Å². The minimum absolute atomic E-state index is 1.25. The SMILES string of the molecule is c1ccc(-c2c3ccccc3c(-c3ccc4c(c3)sc3cc(-c5ccc6sc7ccc8ccccc8c7c6c5)ccc34)c3ccccc23)cc1. The minimum atomic E-state index is 1.25. The zero-order valence-electron chi connectivity index (χ0n) is 27.0. The van der Waals surface area contributed by atoms with Crippen LogP contribution in [0.15, 0.2) is 170 Å². The highest BCUT2D eigenvalue weighted by atomic mass is 32.1. The molecule has 0 atom stereocenters. The lowest BCUT2D eigenvalue weighted by molar-refractivity contribution is 1.66. The van der Waals surface area contributed by atoms with E-state index in [0.717, 1.165) is 0 Å². The highest BCUT2D eigenvalue weighted by Gasteiger charge is 2.18. The van der Waals surface area contributed by atoms with Gasteiger partial charge in [0.25, 0.3) is 0 Å². The van der Waals surface area contributed by atoms with E-state index in [2.05, 4.69) is 170 Å². The summed E-state index contributed by atoms with van der Waals surface area (Å²) in [5.41, 5.74) is 7.65. The van der Waals surface area contributed by atoms with E-state index >= 15 is 0 Å². The lowest BCUT2D eigenvalue weighted by atomic mass is 9.86. The molecule has 0 spiro atoms. The van der Waals surface area contributed by atoms with E-state index in [9.17, 15) is 0 Å². The van der Waals surface area contributed by atoms with E-state index in [1.807, 2.05) is 22.7 Å². The molecule has 0 aliphatic heterocycles. The van der Waals surface area contributed by atoms with E-state index in [1.54, 1.807) is 0 Å². The standard InChI is InChI=1S/C48H28S2/c1-2-11-30(12-3-1)46-37-14-6-8-16-39(37)47(40-17-9-7-15-38(40)46)33-19-23-36-35-22-18-32(27-44(35)50-45(36)28-33)31-21-24-42-41(26-31)48-34-13-5-4-10-29(34)20-25-43(48)49-42/h1-28H. The maximum Gasteiger partial charge on any atom is 0.0361 e. The van der Waals surface area contributed by atoms with Gasteiger partial charge in [-0.15, -0.1) is 22.7 Å². The maximum absolute atomic E-state index is 2.42. The van der Waals surface area contributed by atoms with Crippen molar-refractivity contribution in [2.45, 2.75) is 0 Å². The van der Waals surface area contributed by atoms with Crippen molar-refractivity contribution in [1.82, 2.24) is 0 Å². The summed E-state index contributed by atoms with van der Waals surface area (Å²) >= 11 is 3.79. The second-order valence-electron chi connectivity index (χ2n) is 13.2. The van der Waals surface area contributed by atoms with Gasteiger partial charge in [-0.2, -0.15) is 0 Å². The van der Waals surface area contributed by atoms with E-state index in [0.29, 0.717) is 0 Å². The third-order valence-electron chi connectivity index (χ3n) is 10.4. The van der Waals surface area contributed by atoms with Gasteiger partial charge in [0.1, 0.15) is 0 Å². The molecule has 0 nitrogen and oxygen atoms in total. The molecule has 9 aromatic carbocycles. The van der Waals surface area contributed by atoms with Gasteiger partial charge in [-0.3, -0.25) is 0 Å². The smallest absolute Gasteiger partial charge is 0.0361 e. The molecule has 0 fully saturated rings. The molecule has 0 saturated carbocycles. The van der Waals surface area contributed by atoms with Crippen LogP contribution in [0.4, 0.5) is 0 Å². The van der Waals surface area contributed by atoms with Gasteiger partial charge in [0.15, 0.2) is 0 Å². The van der Waals surface area contributed by atoms with E-state index in [4.69, 9.17) is 0 Å². The molecule has 0 saturated heterocycles. The average Bonchev–Trinajstić information content (AvgIpc) is 3.74. The molecule has 2 aromatic heterocycles. The molecule has 0 aliphatic carbocycles. The molecule has 232 valence electrons. The van der Waals surface area contributed by atoms with Gasteiger partial charge in [-0.25, -0.2) is 0 Å². The first-order chi connectivity index (χ1) is 24.8. The van der Waals surface area contributed by atoms with Crippen molar-refractivity contribution in [2.75, 3.05) is 0 Å². The van der Waals surface area contributed by atoms with Gasteiger partial charge < -0.3 is 0 Å². The molecule has 11 rings (SSSR count). The Morgan fingerprint density at radius 1 is 0.260 bits per heavy atom. The largest absolute Gasteiger partial charge is 0.135 e. The number of rotatable bonds is 3. The fourth-order valence-corrected chi connectivity index (χ4v) is 10.5.